The number of rotatable bonds is 5. The Balaban J connectivity index is 0.00000264. The summed E-state index contributed by atoms with van der Waals surface area (Å²) in [5.74, 6) is -0.196. The highest BCUT2D eigenvalue weighted by Crippen LogP contribution is 2.29. The van der Waals surface area contributed by atoms with Gasteiger partial charge in [-0.3, -0.25) is 4.79 Å². The van der Waals surface area contributed by atoms with Gasteiger partial charge < -0.3 is 10.6 Å². The molecule has 0 atom stereocenters. The van der Waals surface area contributed by atoms with Crippen molar-refractivity contribution in [2.75, 3.05) is 18.9 Å². The second kappa shape index (κ2) is 8.28. The third-order valence-electron chi connectivity index (χ3n) is 2.80. The Morgan fingerprint density at radius 1 is 1.26 bits per heavy atom. The number of carbonyl (C=O) groups is 1. The van der Waals surface area contributed by atoms with Crippen molar-refractivity contribution in [3.05, 3.63) is 46.5 Å². The lowest BCUT2D eigenvalue weighted by atomic mass is 10.1. The van der Waals surface area contributed by atoms with Crippen LogP contribution in [0.15, 0.2) is 30.5 Å². The molecule has 2 N–H and O–H groups in total. The molecule has 9 heteroatoms. The van der Waals surface area contributed by atoms with Crippen LogP contribution in [0.4, 0.5) is 18.3 Å². The lowest BCUT2D eigenvalue weighted by Gasteiger charge is -2.06. The summed E-state index contributed by atoms with van der Waals surface area (Å²) in [6.07, 6.45) is -2.25. The molecule has 126 valence electrons. The minimum absolute atomic E-state index is 0. The second-order valence-corrected chi connectivity index (χ2v) is 5.70. The molecule has 2 rings (SSSR count). The highest BCUT2D eigenvalue weighted by molar-refractivity contribution is 7.15. The molecular formula is C14H15ClF3N3OS. The first kappa shape index (κ1) is 19.4. The van der Waals surface area contributed by atoms with Gasteiger partial charge in [-0.15, -0.1) is 23.7 Å². The molecular weight excluding hydrogens is 351 g/mol. The summed E-state index contributed by atoms with van der Waals surface area (Å²) in [5.41, 5.74) is 0.0883. The molecule has 0 unspecified atom stereocenters. The molecule has 23 heavy (non-hydrogen) atoms. The molecule has 1 heterocycles. The molecule has 0 aliphatic carbocycles. The van der Waals surface area contributed by atoms with Crippen molar-refractivity contribution in [1.29, 1.82) is 0 Å². The first-order chi connectivity index (χ1) is 10.4. The number of amides is 1. The summed E-state index contributed by atoms with van der Waals surface area (Å²) in [4.78, 5) is 16.3. The highest BCUT2D eigenvalue weighted by Gasteiger charge is 2.29. The SMILES string of the molecule is CNCC(=O)Nc1ncc(Cc2ccc(C(F)(F)F)cc2)s1.Cl. The zero-order valence-electron chi connectivity index (χ0n) is 12.1. The van der Waals surface area contributed by atoms with Gasteiger partial charge >= 0.3 is 6.18 Å². The molecule has 0 spiro atoms. The smallest absolute Gasteiger partial charge is 0.311 e. The first-order valence-corrected chi connectivity index (χ1v) is 7.25. The number of halogens is 4. The number of hydrogen-bond acceptors (Lipinski definition) is 4. The van der Waals surface area contributed by atoms with E-state index in [0.29, 0.717) is 11.6 Å². The van der Waals surface area contributed by atoms with Gasteiger partial charge in [0.1, 0.15) is 0 Å². The predicted molar refractivity (Wildman–Crippen MR) is 86.2 cm³/mol. The van der Waals surface area contributed by atoms with Crippen molar-refractivity contribution in [3.8, 4) is 0 Å². The van der Waals surface area contributed by atoms with E-state index >= 15 is 0 Å². The maximum Gasteiger partial charge on any atom is 0.416 e. The zero-order chi connectivity index (χ0) is 16.2. The van der Waals surface area contributed by atoms with Gasteiger partial charge in [0, 0.05) is 17.5 Å². The van der Waals surface area contributed by atoms with Gasteiger partial charge in [0.05, 0.1) is 12.1 Å². The van der Waals surface area contributed by atoms with E-state index < -0.39 is 11.7 Å². The van der Waals surface area contributed by atoms with Crippen molar-refractivity contribution >= 4 is 34.8 Å². The number of aromatic nitrogens is 1. The Kier molecular flexibility index (Phi) is 6.99. The molecule has 0 saturated carbocycles. The minimum atomic E-state index is -4.33. The fourth-order valence-corrected chi connectivity index (χ4v) is 2.65. The molecule has 4 nitrogen and oxygen atoms in total. The van der Waals surface area contributed by atoms with E-state index in [0.717, 1.165) is 22.6 Å². The van der Waals surface area contributed by atoms with Crippen LogP contribution in [-0.4, -0.2) is 24.5 Å². The van der Waals surface area contributed by atoms with Gasteiger partial charge in [0.2, 0.25) is 5.91 Å². The van der Waals surface area contributed by atoms with Crippen molar-refractivity contribution in [3.63, 3.8) is 0 Å². The van der Waals surface area contributed by atoms with Crippen LogP contribution >= 0.6 is 23.7 Å². The quantitative estimate of drug-likeness (QED) is 0.854. The van der Waals surface area contributed by atoms with Gasteiger partial charge in [-0.25, -0.2) is 4.98 Å². The standard InChI is InChI=1S/C14H14F3N3OS.ClH/c1-18-8-12(21)20-13-19-7-11(22-13)6-9-2-4-10(5-3-9)14(15,16)17;/h2-5,7,18H,6,8H2,1H3,(H,19,20,21);1H. The number of thiazole rings is 1. The van der Waals surface area contributed by atoms with Crippen LogP contribution in [0.5, 0.6) is 0 Å². The number of nitrogens with zero attached hydrogens (tertiary/aromatic N) is 1. The van der Waals surface area contributed by atoms with Crippen LogP contribution in [0.1, 0.15) is 16.0 Å². The van der Waals surface area contributed by atoms with Crippen molar-refractivity contribution in [1.82, 2.24) is 10.3 Å². The average Bonchev–Trinajstić information content (AvgIpc) is 2.85. The predicted octanol–water partition coefficient (Wildman–Crippen LogP) is 3.33. The van der Waals surface area contributed by atoms with Gasteiger partial charge in [0.15, 0.2) is 5.13 Å². The molecule has 0 saturated heterocycles. The topological polar surface area (TPSA) is 54.0 Å². The lowest BCUT2D eigenvalue weighted by molar-refractivity contribution is -0.137. The number of nitrogens with one attached hydrogen (secondary N) is 2. The molecule has 1 aromatic heterocycles. The number of carbonyl (C=O) groups excluding carboxylic acids is 1. The van der Waals surface area contributed by atoms with Crippen LogP contribution in [0.3, 0.4) is 0 Å². The number of alkyl halides is 3. The van der Waals surface area contributed by atoms with Crippen LogP contribution in [0.25, 0.3) is 0 Å². The van der Waals surface area contributed by atoms with Gasteiger partial charge in [-0.05, 0) is 24.7 Å². The molecule has 0 aliphatic heterocycles. The molecule has 0 radical (unpaired) electrons. The molecule has 0 aliphatic rings. The maximum atomic E-state index is 12.5. The van der Waals surface area contributed by atoms with Crippen molar-refractivity contribution < 1.29 is 18.0 Å². The van der Waals surface area contributed by atoms with E-state index in [1.54, 1.807) is 13.2 Å². The molecule has 1 aromatic carbocycles. The summed E-state index contributed by atoms with van der Waals surface area (Å²) in [7, 11) is 1.66. The largest absolute Gasteiger partial charge is 0.416 e. The van der Waals surface area contributed by atoms with Crippen LogP contribution in [0, 0.1) is 0 Å². The van der Waals surface area contributed by atoms with E-state index in [2.05, 4.69) is 15.6 Å². The third-order valence-corrected chi connectivity index (χ3v) is 3.71. The fourth-order valence-electron chi connectivity index (χ4n) is 1.78. The van der Waals surface area contributed by atoms with Crippen molar-refractivity contribution in [2.24, 2.45) is 0 Å². The van der Waals surface area contributed by atoms with E-state index in [1.807, 2.05) is 0 Å². The summed E-state index contributed by atoms with van der Waals surface area (Å²) in [6, 6.07) is 5.02. The Morgan fingerprint density at radius 3 is 2.48 bits per heavy atom. The number of benzene rings is 1. The summed E-state index contributed by atoms with van der Waals surface area (Å²) >= 11 is 1.30. The average molecular weight is 366 g/mol. The molecule has 0 fully saturated rings. The second-order valence-electron chi connectivity index (χ2n) is 4.58. The van der Waals surface area contributed by atoms with E-state index in [9.17, 15) is 18.0 Å². The minimum Gasteiger partial charge on any atom is -0.311 e. The number of anilines is 1. The maximum absolute atomic E-state index is 12.5. The number of hydrogen-bond donors (Lipinski definition) is 2. The van der Waals surface area contributed by atoms with Crippen molar-refractivity contribution in [2.45, 2.75) is 12.6 Å². The van der Waals surface area contributed by atoms with Crippen LogP contribution in [-0.2, 0) is 17.4 Å². The monoisotopic (exact) mass is 365 g/mol. The highest BCUT2D eigenvalue weighted by atomic mass is 35.5. The molecule has 1 amide bonds. The molecule has 0 bridgehead atoms. The van der Waals surface area contributed by atoms with Crippen LogP contribution < -0.4 is 10.6 Å². The van der Waals surface area contributed by atoms with Gasteiger partial charge in [-0.2, -0.15) is 13.2 Å². The van der Waals surface area contributed by atoms with Gasteiger partial charge in [-0.1, -0.05) is 12.1 Å². The van der Waals surface area contributed by atoms with Gasteiger partial charge in [0.25, 0.3) is 0 Å². The van der Waals surface area contributed by atoms with E-state index in [-0.39, 0.29) is 24.9 Å². The third kappa shape index (κ3) is 5.81. The Bertz CT molecular complexity index is 643. The Hall–Kier alpha value is -1.64. The number of likely N-dealkylation sites (N-methyl/N-ethyl adjacent to an activating group) is 1. The molecule has 2 aromatic rings. The summed E-state index contributed by atoms with van der Waals surface area (Å²) in [5, 5.41) is 5.83. The van der Waals surface area contributed by atoms with E-state index in [1.165, 1.54) is 23.5 Å². The summed E-state index contributed by atoms with van der Waals surface area (Å²) < 4.78 is 37.4. The Morgan fingerprint density at radius 2 is 1.91 bits per heavy atom. The Labute approximate surface area is 141 Å². The van der Waals surface area contributed by atoms with E-state index in [4.69, 9.17) is 0 Å². The summed E-state index contributed by atoms with van der Waals surface area (Å²) in [6.45, 7) is 0.188. The van der Waals surface area contributed by atoms with Crippen LogP contribution in [0.2, 0.25) is 0 Å². The lowest BCUT2D eigenvalue weighted by Crippen LogP contribution is -2.24. The zero-order valence-corrected chi connectivity index (χ0v) is 13.7. The normalized spacial score (nSPS) is 11.0. The fraction of sp³-hybridized carbons (Fsp3) is 0.286. The first-order valence-electron chi connectivity index (χ1n) is 6.44.